The zero-order chi connectivity index (χ0) is 9.97. The van der Waals surface area contributed by atoms with Gasteiger partial charge in [0, 0.05) is 31.5 Å². The molecule has 2 N–H and O–H groups in total. The summed E-state index contributed by atoms with van der Waals surface area (Å²) >= 11 is 0. The Bertz CT molecular complexity index is 415. The van der Waals surface area contributed by atoms with Crippen LogP contribution in [0.4, 0.5) is 0 Å². The third kappa shape index (κ3) is 1.80. The molecule has 0 radical (unpaired) electrons. The van der Waals surface area contributed by atoms with Crippen molar-refractivity contribution in [2.45, 2.75) is 13.1 Å². The summed E-state index contributed by atoms with van der Waals surface area (Å²) in [5.41, 5.74) is 7.39. The van der Waals surface area contributed by atoms with Crippen molar-refractivity contribution in [2.24, 2.45) is 12.8 Å². The fourth-order valence-electron chi connectivity index (χ4n) is 1.23. The lowest BCUT2D eigenvalue weighted by atomic mass is 10.4. The molecule has 0 unspecified atom stereocenters. The Labute approximate surface area is 81.3 Å². The molecule has 6 heteroatoms. The van der Waals surface area contributed by atoms with Crippen molar-refractivity contribution in [2.75, 3.05) is 0 Å². The minimum Gasteiger partial charge on any atom is -0.326 e. The Kier molecular flexibility index (Phi) is 2.28. The van der Waals surface area contributed by atoms with Gasteiger partial charge in [0.05, 0.1) is 12.7 Å². The molecule has 0 fully saturated rings. The average Bonchev–Trinajstić information content (AvgIpc) is 2.76. The normalized spacial score (nSPS) is 10.7. The van der Waals surface area contributed by atoms with Crippen LogP contribution in [0.5, 0.6) is 0 Å². The lowest BCUT2D eigenvalue weighted by Crippen LogP contribution is -2.00. The summed E-state index contributed by atoms with van der Waals surface area (Å²) in [5, 5.41) is 12.0. The van der Waals surface area contributed by atoms with Gasteiger partial charge in [-0.25, -0.2) is 0 Å². The largest absolute Gasteiger partial charge is 0.326 e. The van der Waals surface area contributed by atoms with E-state index in [0.29, 0.717) is 13.1 Å². The van der Waals surface area contributed by atoms with Crippen molar-refractivity contribution >= 4 is 0 Å². The van der Waals surface area contributed by atoms with Gasteiger partial charge in [0.1, 0.15) is 5.69 Å². The molecule has 2 aromatic heterocycles. The average molecular weight is 192 g/mol. The third-order valence-corrected chi connectivity index (χ3v) is 1.90. The van der Waals surface area contributed by atoms with Crippen molar-refractivity contribution < 1.29 is 0 Å². The van der Waals surface area contributed by atoms with E-state index in [-0.39, 0.29) is 0 Å². The second-order valence-corrected chi connectivity index (χ2v) is 3.13. The molecule has 0 bridgehead atoms. The number of nitrogens with two attached hydrogens (primary N) is 1. The molecule has 0 aliphatic heterocycles. The number of hydrogen-bond donors (Lipinski definition) is 1. The first-order chi connectivity index (χ1) is 6.78. The van der Waals surface area contributed by atoms with Crippen LogP contribution in [0.25, 0.3) is 0 Å². The van der Waals surface area contributed by atoms with Gasteiger partial charge in [-0.15, -0.1) is 5.10 Å². The Morgan fingerprint density at radius 2 is 2.29 bits per heavy atom. The molecule has 2 rings (SSSR count). The van der Waals surface area contributed by atoms with E-state index in [1.54, 1.807) is 15.6 Å². The number of aromatic nitrogens is 5. The van der Waals surface area contributed by atoms with Crippen molar-refractivity contribution in [3.05, 3.63) is 29.8 Å². The highest BCUT2D eigenvalue weighted by Crippen LogP contribution is 1.99. The molecule has 0 saturated heterocycles. The number of aryl methyl sites for hydroxylation is 1. The molecule has 2 aromatic rings. The molecule has 14 heavy (non-hydrogen) atoms. The molecule has 0 aliphatic carbocycles. The number of nitrogens with zero attached hydrogens (tertiary/aromatic N) is 5. The van der Waals surface area contributed by atoms with Crippen LogP contribution in [-0.2, 0) is 20.1 Å². The van der Waals surface area contributed by atoms with Gasteiger partial charge in [0.15, 0.2) is 0 Å². The second kappa shape index (κ2) is 3.59. The van der Waals surface area contributed by atoms with Crippen LogP contribution in [-0.4, -0.2) is 24.8 Å². The van der Waals surface area contributed by atoms with Crippen LogP contribution in [0.2, 0.25) is 0 Å². The van der Waals surface area contributed by atoms with Gasteiger partial charge in [-0.2, -0.15) is 5.10 Å². The molecule has 2 heterocycles. The van der Waals surface area contributed by atoms with Gasteiger partial charge in [-0.3, -0.25) is 9.36 Å². The Balaban J connectivity index is 2.10. The van der Waals surface area contributed by atoms with Crippen LogP contribution in [0, 0.1) is 0 Å². The van der Waals surface area contributed by atoms with Crippen molar-refractivity contribution in [3.63, 3.8) is 0 Å². The van der Waals surface area contributed by atoms with E-state index < -0.39 is 0 Å². The summed E-state index contributed by atoms with van der Waals surface area (Å²) in [7, 11) is 1.84. The molecule has 74 valence electrons. The van der Waals surface area contributed by atoms with Crippen LogP contribution in [0.3, 0.4) is 0 Å². The SMILES string of the molecule is Cn1cc(Cn2cc(CN)cn2)nn1. The Morgan fingerprint density at radius 1 is 1.43 bits per heavy atom. The Hall–Kier alpha value is -1.69. The van der Waals surface area contributed by atoms with Gasteiger partial charge in [0.2, 0.25) is 0 Å². The molecule has 0 aromatic carbocycles. The first-order valence-corrected chi connectivity index (χ1v) is 4.34. The smallest absolute Gasteiger partial charge is 0.104 e. The highest BCUT2D eigenvalue weighted by Gasteiger charge is 2.01. The maximum absolute atomic E-state index is 5.48. The maximum atomic E-state index is 5.48. The molecular formula is C8H12N6. The molecule has 0 saturated carbocycles. The Morgan fingerprint density at radius 3 is 2.86 bits per heavy atom. The zero-order valence-electron chi connectivity index (χ0n) is 7.96. The molecule has 0 atom stereocenters. The van der Waals surface area contributed by atoms with Gasteiger partial charge < -0.3 is 5.73 Å². The monoisotopic (exact) mass is 192 g/mol. The summed E-state index contributed by atoms with van der Waals surface area (Å²) in [6.45, 7) is 1.15. The highest BCUT2D eigenvalue weighted by atomic mass is 15.4. The first-order valence-electron chi connectivity index (χ1n) is 4.34. The molecule has 0 spiro atoms. The van der Waals surface area contributed by atoms with E-state index in [1.165, 1.54) is 0 Å². The molecule has 0 amide bonds. The van der Waals surface area contributed by atoms with Gasteiger partial charge in [-0.1, -0.05) is 5.21 Å². The van der Waals surface area contributed by atoms with Crippen molar-refractivity contribution in [3.8, 4) is 0 Å². The predicted molar refractivity (Wildman–Crippen MR) is 50.2 cm³/mol. The van der Waals surface area contributed by atoms with E-state index >= 15 is 0 Å². The standard InChI is InChI=1S/C8H12N6/c1-13-5-8(11-12-13)6-14-4-7(2-9)3-10-14/h3-5H,2,6,9H2,1H3. The van der Waals surface area contributed by atoms with Crippen molar-refractivity contribution in [1.82, 2.24) is 24.8 Å². The van der Waals surface area contributed by atoms with E-state index in [0.717, 1.165) is 11.3 Å². The van der Waals surface area contributed by atoms with Crippen LogP contribution in [0.1, 0.15) is 11.3 Å². The molecular weight excluding hydrogens is 180 g/mol. The summed E-state index contributed by atoms with van der Waals surface area (Å²) in [5.74, 6) is 0. The van der Waals surface area contributed by atoms with Crippen LogP contribution in [0.15, 0.2) is 18.6 Å². The third-order valence-electron chi connectivity index (χ3n) is 1.90. The quantitative estimate of drug-likeness (QED) is 0.712. The number of rotatable bonds is 3. The highest BCUT2D eigenvalue weighted by molar-refractivity contribution is 5.04. The first kappa shape index (κ1) is 8.89. The van der Waals surface area contributed by atoms with E-state index in [9.17, 15) is 0 Å². The molecule has 0 aliphatic rings. The van der Waals surface area contributed by atoms with Gasteiger partial charge in [0.25, 0.3) is 0 Å². The van der Waals surface area contributed by atoms with E-state index in [1.807, 2.05) is 19.4 Å². The predicted octanol–water partition coefficient (Wildman–Crippen LogP) is -0.481. The minimum atomic E-state index is 0.514. The van der Waals surface area contributed by atoms with E-state index in [4.69, 9.17) is 5.73 Å². The zero-order valence-corrected chi connectivity index (χ0v) is 7.96. The van der Waals surface area contributed by atoms with Gasteiger partial charge >= 0.3 is 0 Å². The lowest BCUT2D eigenvalue weighted by molar-refractivity contribution is 0.667. The fraction of sp³-hybridized carbons (Fsp3) is 0.375. The van der Waals surface area contributed by atoms with Gasteiger partial charge in [-0.05, 0) is 0 Å². The summed E-state index contributed by atoms with van der Waals surface area (Å²) in [6, 6.07) is 0. The maximum Gasteiger partial charge on any atom is 0.104 e. The summed E-state index contributed by atoms with van der Waals surface area (Å²) < 4.78 is 3.47. The van der Waals surface area contributed by atoms with Crippen LogP contribution >= 0.6 is 0 Å². The summed E-state index contributed by atoms with van der Waals surface area (Å²) in [6.07, 6.45) is 5.54. The molecule has 6 nitrogen and oxygen atoms in total. The number of hydrogen-bond acceptors (Lipinski definition) is 4. The second-order valence-electron chi connectivity index (χ2n) is 3.13. The topological polar surface area (TPSA) is 74.5 Å². The minimum absolute atomic E-state index is 0.514. The fourth-order valence-corrected chi connectivity index (χ4v) is 1.23. The lowest BCUT2D eigenvalue weighted by Gasteiger charge is -1.94. The van der Waals surface area contributed by atoms with E-state index in [2.05, 4.69) is 15.4 Å². The summed E-state index contributed by atoms with van der Waals surface area (Å²) in [4.78, 5) is 0. The van der Waals surface area contributed by atoms with Crippen molar-refractivity contribution in [1.29, 1.82) is 0 Å². The van der Waals surface area contributed by atoms with Crippen LogP contribution < -0.4 is 5.73 Å².